The van der Waals surface area contributed by atoms with Crippen LogP contribution in [-0.2, 0) is 9.59 Å². The van der Waals surface area contributed by atoms with Gasteiger partial charge >= 0.3 is 0 Å². The molecule has 0 radical (unpaired) electrons. The van der Waals surface area contributed by atoms with Gasteiger partial charge in [-0.1, -0.05) is 13.3 Å². The molecular weight excluding hydrogens is 168 g/mol. The number of hydrogen-bond donors (Lipinski definition) is 2. The van der Waals surface area contributed by atoms with Gasteiger partial charge in [-0.3, -0.25) is 9.59 Å². The van der Waals surface area contributed by atoms with Gasteiger partial charge in [-0.2, -0.15) is 0 Å². The third kappa shape index (κ3) is 1.99. The average molecular weight is 184 g/mol. The molecule has 0 spiro atoms. The first-order valence-corrected chi connectivity index (χ1v) is 4.60. The Morgan fingerprint density at radius 1 is 1.38 bits per heavy atom. The summed E-state index contributed by atoms with van der Waals surface area (Å²) >= 11 is 0. The average Bonchev–Trinajstić information content (AvgIpc) is 2.00. The number of nitrogens with one attached hydrogen (secondary N) is 2. The maximum absolute atomic E-state index is 11.4. The molecule has 1 saturated heterocycles. The first kappa shape index (κ1) is 10.0. The van der Waals surface area contributed by atoms with Crippen LogP contribution in [0.1, 0.15) is 33.6 Å². The standard InChI is InChI=1S/C9H16N2O2/c1-4-5-6-7(12)11-9(2,3)8(13)10-6/h6H,4-5H2,1-3H3,(H,10,13)(H,11,12). The van der Waals surface area contributed by atoms with E-state index in [1.54, 1.807) is 13.8 Å². The smallest absolute Gasteiger partial charge is 0.245 e. The van der Waals surface area contributed by atoms with Crippen LogP contribution in [-0.4, -0.2) is 23.4 Å². The first-order valence-electron chi connectivity index (χ1n) is 4.60. The van der Waals surface area contributed by atoms with Gasteiger partial charge < -0.3 is 10.6 Å². The third-order valence-corrected chi connectivity index (χ3v) is 2.20. The van der Waals surface area contributed by atoms with Crippen LogP contribution in [0.4, 0.5) is 0 Å². The minimum atomic E-state index is -0.763. The van der Waals surface area contributed by atoms with E-state index in [4.69, 9.17) is 0 Å². The molecule has 13 heavy (non-hydrogen) atoms. The second kappa shape index (κ2) is 3.36. The number of carbonyl (C=O) groups is 2. The Kier molecular flexibility index (Phi) is 2.59. The van der Waals surface area contributed by atoms with Crippen LogP contribution in [0.25, 0.3) is 0 Å². The number of piperazine rings is 1. The fourth-order valence-electron chi connectivity index (χ4n) is 1.35. The predicted molar refractivity (Wildman–Crippen MR) is 49.1 cm³/mol. The van der Waals surface area contributed by atoms with E-state index in [1.165, 1.54) is 0 Å². The van der Waals surface area contributed by atoms with Gasteiger partial charge in [0.15, 0.2) is 0 Å². The maximum atomic E-state index is 11.4. The topological polar surface area (TPSA) is 58.2 Å². The molecule has 0 aromatic rings. The van der Waals surface area contributed by atoms with Crippen LogP contribution in [0.3, 0.4) is 0 Å². The van der Waals surface area contributed by atoms with E-state index < -0.39 is 5.54 Å². The highest BCUT2D eigenvalue weighted by molar-refractivity contribution is 5.99. The monoisotopic (exact) mass is 184 g/mol. The van der Waals surface area contributed by atoms with E-state index in [-0.39, 0.29) is 17.9 Å². The third-order valence-electron chi connectivity index (χ3n) is 2.20. The van der Waals surface area contributed by atoms with Gasteiger partial charge in [0.25, 0.3) is 0 Å². The van der Waals surface area contributed by atoms with Crippen molar-refractivity contribution in [2.24, 2.45) is 0 Å². The van der Waals surface area contributed by atoms with Gasteiger partial charge in [0.05, 0.1) is 0 Å². The minimum absolute atomic E-state index is 0.0774. The molecule has 74 valence electrons. The Morgan fingerprint density at radius 3 is 2.54 bits per heavy atom. The number of amides is 2. The fourth-order valence-corrected chi connectivity index (χ4v) is 1.35. The molecule has 2 amide bonds. The van der Waals surface area contributed by atoms with Crippen LogP contribution < -0.4 is 10.6 Å². The lowest BCUT2D eigenvalue weighted by molar-refractivity contribution is -0.140. The number of carbonyl (C=O) groups excluding carboxylic acids is 2. The number of rotatable bonds is 2. The molecule has 1 aliphatic rings. The lowest BCUT2D eigenvalue weighted by Crippen LogP contribution is -2.66. The summed E-state index contributed by atoms with van der Waals surface area (Å²) in [6.45, 7) is 5.38. The molecule has 4 nitrogen and oxygen atoms in total. The van der Waals surface area contributed by atoms with E-state index >= 15 is 0 Å². The summed E-state index contributed by atoms with van der Waals surface area (Å²) in [5.41, 5.74) is -0.763. The lowest BCUT2D eigenvalue weighted by Gasteiger charge is -2.34. The second-order valence-electron chi connectivity index (χ2n) is 3.93. The molecular formula is C9H16N2O2. The van der Waals surface area contributed by atoms with Crippen molar-refractivity contribution in [2.45, 2.75) is 45.2 Å². The van der Waals surface area contributed by atoms with Crippen molar-refractivity contribution in [1.29, 1.82) is 0 Å². The van der Waals surface area contributed by atoms with Crippen molar-refractivity contribution in [2.75, 3.05) is 0 Å². The van der Waals surface area contributed by atoms with E-state index in [0.29, 0.717) is 6.42 Å². The van der Waals surface area contributed by atoms with E-state index in [2.05, 4.69) is 10.6 Å². The highest BCUT2D eigenvalue weighted by Gasteiger charge is 2.38. The Labute approximate surface area is 78.1 Å². The van der Waals surface area contributed by atoms with E-state index in [9.17, 15) is 9.59 Å². The van der Waals surface area contributed by atoms with Gasteiger partial charge in [0.2, 0.25) is 11.8 Å². The molecule has 1 atom stereocenters. The first-order chi connectivity index (χ1) is 5.97. The summed E-state index contributed by atoms with van der Waals surface area (Å²) in [6.07, 6.45) is 1.59. The van der Waals surface area contributed by atoms with Crippen molar-refractivity contribution in [3.63, 3.8) is 0 Å². The zero-order chi connectivity index (χ0) is 10.1. The molecule has 0 aromatic heterocycles. The van der Waals surface area contributed by atoms with Crippen LogP contribution in [0.5, 0.6) is 0 Å². The molecule has 0 aromatic carbocycles. The largest absolute Gasteiger partial charge is 0.342 e. The second-order valence-corrected chi connectivity index (χ2v) is 3.93. The summed E-state index contributed by atoms with van der Waals surface area (Å²) in [7, 11) is 0. The van der Waals surface area contributed by atoms with Crippen LogP contribution in [0, 0.1) is 0 Å². The Bertz CT molecular complexity index is 236. The zero-order valence-corrected chi connectivity index (χ0v) is 8.31. The van der Waals surface area contributed by atoms with Crippen LogP contribution in [0.15, 0.2) is 0 Å². The maximum Gasteiger partial charge on any atom is 0.245 e. The van der Waals surface area contributed by atoms with Crippen molar-refractivity contribution < 1.29 is 9.59 Å². The zero-order valence-electron chi connectivity index (χ0n) is 8.31. The van der Waals surface area contributed by atoms with Crippen molar-refractivity contribution >= 4 is 11.8 Å². The highest BCUT2D eigenvalue weighted by Crippen LogP contribution is 2.11. The van der Waals surface area contributed by atoms with Crippen molar-refractivity contribution in [1.82, 2.24) is 10.6 Å². The fraction of sp³-hybridized carbons (Fsp3) is 0.778. The number of hydrogen-bond acceptors (Lipinski definition) is 2. The Balaban J connectivity index is 2.68. The van der Waals surface area contributed by atoms with Gasteiger partial charge in [-0.05, 0) is 20.3 Å². The Hall–Kier alpha value is -1.06. The molecule has 4 heteroatoms. The molecule has 1 heterocycles. The van der Waals surface area contributed by atoms with Crippen molar-refractivity contribution in [3.8, 4) is 0 Å². The van der Waals surface area contributed by atoms with Gasteiger partial charge in [0, 0.05) is 0 Å². The summed E-state index contributed by atoms with van der Waals surface area (Å²) in [5, 5.41) is 5.40. The lowest BCUT2D eigenvalue weighted by atomic mass is 9.97. The molecule has 2 N–H and O–H groups in total. The molecule has 1 fully saturated rings. The minimum Gasteiger partial charge on any atom is -0.342 e. The van der Waals surface area contributed by atoms with E-state index in [1.807, 2.05) is 6.92 Å². The Morgan fingerprint density at radius 2 is 2.00 bits per heavy atom. The summed E-state index contributed by atoms with van der Waals surface area (Å²) in [5.74, 6) is -0.183. The summed E-state index contributed by atoms with van der Waals surface area (Å²) < 4.78 is 0. The van der Waals surface area contributed by atoms with Gasteiger partial charge in [0.1, 0.15) is 11.6 Å². The van der Waals surface area contributed by atoms with Gasteiger partial charge in [-0.15, -0.1) is 0 Å². The molecule has 0 aliphatic carbocycles. The van der Waals surface area contributed by atoms with Crippen LogP contribution in [0.2, 0.25) is 0 Å². The SMILES string of the molecule is CCCC1NC(=O)C(C)(C)NC1=O. The highest BCUT2D eigenvalue weighted by atomic mass is 16.2. The van der Waals surface area contributed by atoms with Gasteiger partial charge in [-0.25, -0.2) is 0 Å². The van der Waals surface area contributed by atoms with E-state index in [0.717, 1.165) is 6.42 Å². The molecule has 0 bridgehead atoms. The quantitative estimate of drug-likeness (QED) is 0.643. The molecule has 1 unspecified atom stereocenters. The molecule has 0 saturated carbocycles. The molecule has 1 aliphatic heterocycles. The summed E-state index contributed by atoms with van der Waals surface area (Å²) in [6, 6.07) is -0.342. The summed E-state index contributed by atoms with van der Waals surface area (Å²) in [4.78, 5) is 22.8. The molecule has 1 rings (SSSR count). The predicted octanol–water partition coefficient (Wildman–Crippen LogP) is 0.180. The van der Waals surface area contributed by atoms with Crippen LogP contribution >= 0.6 is 0 Å². The normalized spacial score (nSPS) is 26.5. The van der Waals surface area contributed by atoms with Crippen molar-refractivity contribution in [3.05, 3.63) is 0 Å².